The van der Waals surface area contributed by atoms with Crippen molar-refractivity contribution in [2.45, 2.75) is 0 Å². The zero-order chi connectivity index (χ0) is 17.8. The third-order valence-electron chi connectivity index (χ3n) is 3.10. The summed E-state index contributed by atoms with van der Waals surface area (Å²) in [5, 5.41) is 24.5. The average Bonchev–Trinajstić information content (AvgIpc) is 3.13. The molecule has 0 aliphatic heterocycles. The van der Waals surface area contributed by atoms with Crippen LogP contribution in [0.4, 0.5) is 11.4 Å². The minimum Gasteiger partial charge on any atom is -0.319 e. The summed E-state index contributed by atoms with van der Waals surface area (Å²) >= 11 is 1.23. The molecule has 9 nitrogen and oxygen atoms in total. The van der Waals surface area contributed by atoms with Gasteiger partial charge in [-0.25, -0.2) is 4.98 Å². The molecule has 0 radical (unpaired) electrons. The van der Waals surface area contributed by atoms with Gasteiger partial charge in [0, 0.05) is 29.9 Å². The molecule has 2 aromatic heterocycles. The van der Waals surface area contributed by atoms with E-state index in [1.54, 1.807) is 5.38 Å². The fourth-order valence-corrected chi connectivity index (χ4v) is 2.70. The fraction of sp³-hybridized carbons (Fsp3) is 0. The van der Waals surface area contributed by atoms with Gasteiger partial charge in [0.05, 0.1) is 22.4 Å². The molecule has 0 atom stereocenters. The summed E-state index contributed by atoms with van der Waals surface area (Å²) in [6.45, 7) is 0. The molecule has 10 heteroatoms. The van der Waals surface area contributed by atoms with Crippen molar-refractivity contribution in [2.75, 3.05) is 5.32 Å². The van der Waals surface area contributed by atoms with E-state index in [1.165, 1.54) is 42.1 Å². The molecule has 0 fully saturated rings. The quantitative estimate of drug-likeness (QED) is 0.563. The van der Waals surface area contributed by atoms with Gasteiger partial charge >= 0.3 is 0 Å². The van der Waals surface area contributed by atoms with Gasteiger partial charge in [-0.2, -0.15) is 5.26 Å². The lowest BCUT2D eigenvalue weighted by molar-refractivity contribution is -0.384. The predicted molar refractivity (Wildman–Crippen MR) is 88.9 cm³/mol. The van der Waals surface area contributed by atoms with E-state index in [9.17, 15) is 14.9 Å². The van der Waals surface area contributed by atoms with Crippen molar-refractivity contribution in [3.63, 3.8) is 0 Å². The molecule has 0 saturated carbocycles. The number of aromatic nitrogens is 3. The number of nitro benzene ring substituents is 1. The Morgan fingerprint density at radius 3 is 2.88 bits per heavy atom. The van der Waals surface area contributed by atoms with E-state index < -0.39 is 10.8 Å². The number of nitrogens with zero attached hydrogens (tertiary/aromatic N) is 5. The topological polar surface area (TPSA) is 135 Å². The molecule has 1 N–H and O–H groups in total. The van der Waals surface area contributed by atoms with Crippen LogP contribution in [0.2, 0.25) is 0 Å². The molecule has 0 saturated heterocycles. The number of nitriles is 1. The van der Waals surface area contributed by atoms with Crippen LogP contribution < -0.4 is 5.32 Å². The minimum atomic E-state index is -0.611. The second-order valence-electron chi connectivity index (χ2n) is 4.68. The van der Waals surface area contributed by atoms with Gasteiger partial charge in [0.25, 0.3) is 11.6 Å². The number of carbonyl (C=O) groups is 1. The Morgan fingerprint density at radius 1 is 1.36 bits per heavy atom. The Labute approximate surface area is 144 Å². The number of non-ortho nitro benzene ring substituents is 1. The second-order valence-corrected chi connectivity index (χ2v) is 5.54. The van der Waals surface area contributed by atoms with Gasteiger partial charge in [0.15, 0.2) is 0 Å². The first kappa shape index (κ1) is 16.2. The lowest BCUT2D eigenvalue weighted by Crippen LogP contribution is -2.13. The summed E-state index contributed by atoms with van der Waals surface area (Å²) in [4.78, 5) is 34.7. The summed E-state index contributed by atoms with van der Waals surface area (Å²) < 4.78 is 0. The summed E-state index contributed by atoms with van der Waals surface area (Å²) in [7, 11) is 0. The number of nitro groups is 1. The molecule has 3 aromatic rings. The molecule has 0 aliphatic rings. The highest BCUT2D eigenvalue weighted by atomic mass is 32.1. The highest BCUT2D eigenvalue weighted by Gasteiger charge is 2.16. The summed E-state index contributed by atoms with van der Waals surface area (Å²) in [6, 6.07) is 5.44. The van der Waals surface area contributed by atoms with Crippen molar-refractivity contribution >= 4 is 28.6 Å². The molecule has 0 spiro atoms. The van der Waals surface area contributed by atoms with Crippen LogP contribution in [-0.2, 0) is 0 Å². The van der Waals surface area contributed by atoms with Crippen molar-refractivity contribution in [2.24, 2.45) is 0 Å². The lowest BCUT2D eigenvalue weighted by Gasteiger charge is -2.05. The van der Waals surface area contributed by atoms with Gasteiger partial charge < -0.3 is 5.32 Å². The molecule has 0 aliphatic carbocycles. The van der Waals surface area contributed by atoms with Gasteiger partial charge in [-0.05, 0) is 6.07 Å². The first-order valence-electron chi connectivity index (χ1n) is 6.80. The van der Waals surface area contributed by atoms with E-state index in [2.05, 4.69) is 20.3 Å². The SMILES string of the molecule is N#Cc1cc([N+](=O)[O-])ccc1NC(=O)c1csc(-c2cnccn2)n1. The molecule has 2 heterocycles. The van der Waals surface area contributed by atoms with E-state index in [0.29, 0.717) is 10.7 Å². The standard InChI is InChI=1S/C15H8N6O3S/c16-6-9-5-10(21(23)24)1-2-11(9)19-14(22)13-8-25-15(20-13)12-7-17-3-4-18-12/h1-5,7-8H,(H,19,22). The van der Waals surface area contributed by atoms with Crippen LogP contribution in [0.1, 0.15) is 16.1 Å². The van der Waals surface area contributed by atoms with Crippen LogP contribution in [-0.4, -0.2) is 25.8 Å². The number of hydrogen-bond acceptors (Lipinski definition) is 8. The van der Waals surface area contributed by atoms with Gasteiger partial charge in [0.1, 0.15) is 22.5 Å². The molecular formula is C15H8N6O3S. The Hall–Kier alpha value is -3.71. The number of carbonyl (C=O) groups excluding carboxylic acids is 1. The van der Waals surface area contributed by atoms with E-state index in [-0.39, 0.29) is 22.6 Å². The lowest BCUT2D eigenvalue weighted by atomic mass is 10.1. The van der Waals surface area contributed by atoms with Crippen molar-refractivity contribution in [1.29, 1.82) is 5.26 Å². The summed E-state index contributed by atoms with van der Waals surface area (Å²) in [5.41, 5.74) is 0.625. The third-order valence-corrected chi connectivity index (χ3v) is 3.97. The largest absolute Gasteiger partial charge is 0.319 e. The predicted octanol–water partition coefficient (Wildman–Crippen LogP) is 2.63. The normalized spacial score (nSPS) is 10.0. The number of hydrogen-bond donors (Lipinski definition) is 1. The van der Waals surface area contributed by atoms with E-state index >= 15 is 0 Å². The van der Waals surface area contributed by atoms with E-state index in [1.807, 2.05) is 6.07 Å². The number of nitrogens with one attached hydrogen (secondary N) is 1. The number of thiazole rings is 1. The van der Waals surface area contributed by atoms with Crippen LogP contribution in [0.25, 0.3) is 10.7 Å². The monoisotopic (exact) mass is 352 g/mol. The first-order valence-corrected chi connectivity index (χ1v) is 7.68. The smallest absolute Gasteiger partial charge is 0.275 e. The zero-order valence-electron chi connectivity index (χ0n) is 12.4. The summed E-state index contributed by atoms with van der Waals surface area (Å²) in [5.74, 6) is -0.531. The molecular weight excluding hydrogens is 344 g/mol. The highest BCUT2D eigenvalue weighted by molar-refractivity contribution is 7.13. The molecule has 3 rings (SSSR count). The third kappa shape index (κ3) is 3.46. The van der Waals surface area contributed by atoms with Crippen molar-refractivity contribution in [3.05, 3.63) is 63.5 Å². The molecule has 25 heavy (non-hydrogen) atoms. The summed E-state index contributed by atoms with van der Waals surface area (Å²) in [6.07, 6.45) is 4.58. The highest BCUT2D eigenvalue weighted by Crippen LogP contribution is 2.24. The Balaban J connectivity index is 1.83. The van der Waals surface area contributed by atoms with Gasteiger partial charge in [-0.15, -0.1) is 11.3 Å². The fourth-order valence-electron chi connectivity index (χ4n) is 1.94. The van der Waals surface area contributed by atoms with Gasteiger partial charge in [-0.3, -0.25) is 24.9 Å². The average molecular weight is 352 g/mol. The van der Waals surface area contributed by atoms with Gasteiger partial charge in [0.2, 0.25) is 0 Å². The molecule has 1 aromatic carbocycles. The van der Waals surface area contributed by atoms with Crippen LogP contribution >= 0.6 is 11.3 Å². The van der Waals surface area contributed by atoms with E-state index in [0.717, 1.165) is 6.07 Å². The second kappa shape index (κ2) is 6.81. The Bertz CT molecular complexity index is 996. The zero-order valence-corrected chi connectivity index (χ0v) is 13.2. The molecule has 1 amide bonds. The van der Waals surface area contributed by atoms with Crippen LogP contribution in [0, 0.1) is 21.4 Å². The first-order chi connectivity index (χ1) is 12.1. The van der Waals surface area contributed by atoms with Crippen molar-refractivity contribution in [1.82, 2.24) is 15.0 Å². The number of anilines is 1. The maximum Gasteiger partial charge on any atom is 0.275 e. The molecule has 122 valence electrons. The molecule has 0 bridgehead atoms. The van der Waals surface area contributed by atoms with Crippen LogP contribution in [0.5, 0.6) is 0 Å². The maximum absolute atomic E-state index is 12.3. The number of benzene rings is 1. The van der Waals surface area contributed by atoms with Crippen LogP contribution in [0.15, 0.2) is 42.2 Å². The Morgan fingerprint density at radius 2 is 2.20 bits per heavy atom. The van der Waals surface area contributed by atoms with Crippen molar-refractivity contribution in [3.8, 4) is 16.8 Å². The Kier molecular flexibility index (Phi) is 4.40. The number of amides is 1. The van der Waals surface area contributed by atoms with E-state index in [4.69, 9.17) is 5.26 Å². The van der Waals surface area contributed by atoms with Crippen molar-refractivity contribution < 1.29 is 9.72 Å². The van der Waals surface area contributed by atoms with Gasteiger partial charge in [-0.1, -0.05) is 0 Å². The number of rotatable bonds is 4. The van der Waals surface area contributed by atoms with Crippen LogP contribution in [0.3, 0.4) is 0 Å². The maximum atomic E-state index is 12.3. The molecule has 0 unspecified atom stereocenters. The minimum absolute atomic E-state index is 0.00747.